The number of hydrogen-bond donors (Lipinski definition) is 1. The predicted octanol–water partition coefficient (Wildman–Crippen LogP) is 0.913. The van der Waals surface area contributed by atoms with E-state index in [1.54, 1.807) is 14.2 Å². The van der Waals surface area contributed by atoms with Crippen molar-refractivity contribution >= 4 is 0 Å². The molecule has 64 valence electrons. The van der Waals surface area contributed by atoms with Crippen LogP contribution in [0.5, 0.6) is 0 Å². The van der Waals surface area contributed by atoms with Crippen molar-refractivity contribution in [1.29, 1.82) is 5.26 Å². The molecule has 0 aromatic rings. The molecule has 0 saturated carbocycles. The minimum absolute atomic E-state index is 0.238. The van der Waals surface area contributed by atoms with Crippen LogP contribution >= 0.6 is 0 Å². The molecule has 0 rings (SSSR count). The fourth-order valence-corrected chi connectivity index (χ4v) is 0.973. The van der Waals surface area contributed by atoms with Gasteiger partial charge in [-0.25, -0.2) is 0 Å². The van der Waals surface area contributed by atoms with Crippen molar-refractivity contribution in [2.75, 3.05) is 14.2 Å². The van der Waals surface area contributed by atoms with E-state index in [1.165, 1.54) is 0 Å². The zero-order valence-electron chi connectivity index (χ0n) is 7.64. The summed E-state index contributed by atoms with van der Waals surface area (Å²) in [6, 6.07) is 1.92. The van der Waals surface area contributed by atoms with Crippen molar-refractivity contribution in [3.05, 3.63) is 0 Å². The van der Waals surface area contributed by atoms with Crippen LogP contribution in [0.25, 0.3) is 0 Å². The lowest BCUT2D eigenvalue weighted by molar-refractivity contribution is -0.0125. The van der Waals surface area contributed by atoms with Crippen molar-refractivity contribution in [3.63, 3.8) is 0 Å². The largest absolute Gasteiger partial charge is 0.376 e. The Morgan fingerprint density at radius 3 is 2.36 bits per heavy atom. The molecule has 0 aliphatic carbocycles. The topological polar surface area (TPSA) is 45.0 Å². The molecule has 0 aromatic heterocycles. The minimum Gasteiger partial charge on any atom is -0.376 e. The highest BCUT2D eigenvalue weighted by molar-refractivity contribution is 5.02. The van der Waals surface area contributed by atoms with Crippen LogP contribution in [0.3, 0.4) is 0 Å². The van der Waals surface area contributed by atoms with Crippen LogP contribution in [0, 0.1) is 11.3 Å². The van der Waals surface area contributed by atoms with Gasteiger partial charge in [-0.05, 0) is 20.4 Å². The molecule has 0 bridgehead atoms. The standard InChI is InChI=1S/C8H16N2O/c1-5-8(2,11-4)7(6-9)10-3/h7,10H,5H2,1-4H3. The number of ether oxygens (including phenoxy) is 1. The highest BCUT2D eigenvalue weighted by Crippen LogP contribution is 2.18. The van der Waals surface area contributed by atoms with Gasteiger partial charge in [0, 0.05) is 7.11 Å². The van der Waals surface area contributed by atoms with Gasteiger partial charge in [0.05, 0.1) is 11.7 Å². The van der Waals surface area contributed by atoms with E-state index in [4.69, 9.17) is 10.00 Å². The maximum atomic E-state index is 8.73. The van der Waals surface area contributed by atoms with Gasteiger partial charge in [-0.15, -0.1) is 0 Å². The highest BCUT2D eigenvalue weighted by atomic mass is 16.5. The van der Waals surface area contributed by atoms with Gasteiger partial charge in [0.15, 0.2) is 0 Å². The first-order valence-electron chi connectivity index (χ1n) is 3.76. The number of nitrogens with one attached hydrogen (secondary N) is 1. The molecule has 2 atom stereocenters. The Labute approximate surface area is 68.3 Å². The Morgan fingerprint density at radius 2 is 2.27 bits per heavy atom. The first-order chi connectivity index (χ1) is 5.14. The summed E-state index contributed by atoms with van der Waals surface area (Å²) in [5, 5.41) is 11.6. The normalized spacial score (nSPS) is 18.5. The number of nitriles is 1. The van der Waals surface area contributed by atoms with Gasteiger partial charge in [0.25, 0.3) is 0 Å². The molecule has 0 fully saturated rings. The third-order valence-electron chi connectivity index (χ3n) is 2.20. The Kier molecular flexibility index (Phi) is 4.09. The predicted molar refractivity (Wildman–Crippen MR) is 44.2 cm³/mol. The maximum absolute atomic E-state index is 8.73. The second-order valence-corrected chi connectivity index (χ2v) is 2.72. The second-order valence-electron chi connectivity index (χ2n) is 2.72. The first kappa shape index (κ1) is 10.4. The smallest absolute Gasteiger partial charge is 0.124 e. The average Bonchev–Trinajstić information content (AvgIpc) is 2.06. The minimum atomic E-state index is -0.372. The molecular weight excluding hydrogens is 140 g/mol. The number of rotatable bonds is 4. The Hall–Kier alpha value is -0.590. The Bertz CT molecular complexity index is 147. The van der Waals surface area contributed by atoms with Crippen molar-refractivity contribution < 1.29 is 4.74 Å². The van der Waals surface area contributed by atoms with E-state index in [-0.39, 0.29) is 11.6 Å². The zero-order chi connectivity index (χ0) is 8.91. The number of likely N-dealkylation sites (N-methyl/N-ethyl adjacent to an activating group) is 1. The summed E-state index contributed by atoms with van der Waals surface area (Å²) < 4.78 is 5.25. The van der Waals surface area contributed by atoms with Crippen LogP contribution in [-0.4, -0.2) is 25.8 Å². The molecule has 0 radical (unpaired) electrons. The quantitative estimate of drug-likeness (QED) is 0.658. The van der Waals surface area contributed by atoms with Crippen LogP contribution < -0.4 is 5.32 Å². The zero-order valence-corrected chi connectivity index (χ0v) is 7.64. The van der Waals surface area contributed by atoms with E-state index >= 15 is 0 Å². The van der Waals surface area contributed by atoms with Crippen molar-refractivity contribution in [2.24, 2.45) is 0 Å². The summed E-state index contributed by atoms with van der Waals surface area (Å²) in [6.45, 7) is 3.93. The molecule has 1 N–H and O–H groups in total. The van der Waals surface area contributed by atoms with Crippen LogP contribution in [0.4, 0.5) is 0 Å². The molecule has 0 amide bonds. The first-order valence-corrected chi connectivity index (χ1v) is 3.76. The molecule has 0 aromatic carbocycles. The van der Waals surface area contributed by atoms with Crippen molar-refractivity contribution in [2.45, 2.75) is 31.9 Å². The Morgan fingerprint density at radius 1 is 1.73 bits per heavy atom. The monoisotopic (exact) mass is 156 g/mol. The number of hydrogen-bond acceptors (Lipinski definition) is 3. The second kappa shape index (κ2) is 4.32. The molecule has 0 heterocycles. The van der Waals surface area contributed by atoms with Crippen LogP contribution in [-0.2, 0) is 4.74 Å². The summed E-state index contributed by atoms with van der Waals surface area (Å²) in [5.41, 5.74) is -0.372. The number of methoxy groups -OCH3 is 1. The van der Waals surface area contributed by atoms with E-state index in [1.807, 2.05) is 13.8 Å². The van der Waals surface area contributed by atoms with Crippen molar-refractivity contribution in [1.82, 2.24) is 5.32 Å². The van der Waals surface area contributed by atoms with Gasteiger partial charge in [-0.3, -0.25) is 0 Å². The van der Waals surface area contributed by atoms with E-state index in [9.17, 15) is 0 Å². The molecule has 0 spiro atoms. The molecule has 0 saturated heterocycles. The fraction of sp³-hybridized carbons (Fsp3) is 0.875. The van der Waals surface area contributed by atoms with Crippen molar-refractivity contribution in [3.8, 4) is 6.07 Å². The van der Waals surface area contributed by atoms with E-state index in [2.05, 4.69) is 11.4 Å². The van der Waals surface area contributed by atoms with E-state index in [0.29, 0.717) is 0 Å². The summed E-state index contributed by atoms with van der Waals surface area (Å²) >= 11 is 0. The van der Waals surface area contributed by atoms with E-state index < -0.39 is 0 Å². The molecule has 2 unspecified atom stereocenters. The molecule has 0 aliphatic rings. The van der Waals surface area contributed by atoms with Crippen LogP contribution in [0.1, 0.15) is 20.3 Å². The van der Waals surface area contributed by atoms with Gasteiger partial charge in [0.1, 0.15) is 6.04 Å². The summed E-state index contributed by atoms with van der Waals surface area (Å²) in [6.07, 6.45) is 0.822. The fourth-order valence-electron chi connectivity index (χ4n) is 0.973. The molecule has 3 nitrogen and oxygen atoms in total. The van der Waals surface area contributed by atoms with Crippen LogP contribution in [0.2, 0.25) is 0 Å². The van der Waals surface area contributed by atoms with Gasteiger partial charge in [-0.1, -0.05) is 6.92 Å². The van der Waals surface area contributed by atoms with Gasteiger partial charge >= 0.3 is 0 Å². The van der Waals surface area contributed by atoms with E-state index in [0.717, 1.165) is 6.42 Å². The van der Waals surface area contributed by atoms with Crippen LogP contribution in [0.15, 0.2) is 0 Å². The van der Waals surface area contributed by atoms with Gasteiger partial charge < -0.3 is 10.1 Å². The third kappa shape index (κ3) is 2.18. The highest BCUT2D eigenvalue weighted by Gasteiger charge is 2.31. The lowest BCUT2D eigenvalue weighted by Crippen LogP contribution is -2.47. The lowest BCUT2D eigenvalue weighted by Gasteiger charge is -2.30. The summed E-state index contributed by atoms with van der Waals surface area (Å²) in [4.78, 5) is 0. The lowest BCUT2D eigenvalue weighted by atomic mass is 9.94. The Balaban J connectivity index is 4.35. The van der Waals surface area contributed by atoms with Gasteiger partial charge in [0.2, 0.25) is 0 Å². The summed E-state index contributed by atoms with van der Waals surface area (Å²) in [7, 11) is 3.39. The van der Waals surface area contributed by atoms with Gasteiger partial charge in [-0.2, -0.15) is 5.26 Å². The molecule has 3 heteroatoms. The molecular formula is C8H16N2O. The third-order valence-corrected chi connectivity index (χ3v) is 2.20. The maximum Gasteiger partial charge on any atom is 0.124 e. The SMILES string of the molecule is CCC(C)(OC)C(C#N)NC. The average molecular weight is 156 g/mol. The molecule has 11 heavy (non-hydrogen) atoms. The summed E-state index contributed by atoms with van der Waals surface area (Å²) in [5.74, 6) is 0. The molecule has 0 aliphatic heterocycles. The number of nitrogens with zero attached hydrogens (tertiary/aromatic N) is 1.